The van der Waals surface area contributed by atoms with E-state index in [0.717, 1.165) is 24.2 Å². The molecule has 1 aliphatic rings. The molecule has 1 N–H and O–H groups in total. The minimum Gasteiger partial charge on any atom is -0.497 e. The number of nitrogens with one attached hydrogen (secondary N) is 1. The van der Waals surface area contributed by atoms with Crippen molar-refractivity contribution in [3.05, 3.63) is 63.0 Å². The van der Waals surface area contributed by atoms with Gasteiger partial charge in [0, 0.05) is 28.7 Å². The van der Waals surface area contributed by atoms with Crippen molar-refractivity contribution in [1.82, 2.24) is 4.90 Å². The van der Waals surface area contributed by atoms with E-state index in [9.17, 15) is 9.59 Å². The Labute approximate surface area is 207 Å². The lowest BCUT2D eigenvalue weighted by Gasteiger charge is -2.14. The first-order valence-corrected chi connectivity index (χ1v) is 12.0. The van der Waals surface area contributed by atoms with Gasteiger partial charge < -0.3 is 10.1 Å². The zero-order valence-corrected chi connectivity index (χ0v) is 20.5. The Morgan fingerprint density at radius 3 is 2.47 bits per heavy atom. The minimum absolute atomic E-state index is 0.0774. The Hall–Kier alpha value is -2.06. The van der Waals surface area contributed by atoms with Crippen LogP contribution in [-0.2, 0) is 9.59 Å². The van der Waals surface area contributed by atoms with Crippen molar-refractivity contribution in [2.45, 2.75) is 25.7 Å². The molecule has 0 aliphatic carbocycles. The molecule has 3 rings (SSSR count). The summed E-state index contributed by atoms with van der Waals surface area (Å²) in [6, 6.07) is 12.4. The largest absolute Gasteiger partial charge is 0.497 e. The van der Waals surface area contributed by atoms with E-state index in [1.807, 2.05) is 30.3 Å². The summed E-state index contributed by atoms with van der Waals surface area (Å²) in [5.41, 5.74) is 1.49. The van der Waals surface area contributed by atoms with E-state index in [-0.39, 0.29) is 11.8 Å². The monoisotopic (exact) mass is 508 g/mol. The highest BCUT2D eigenvalue weighted by Gasteiger charge is 2.31. The highest BCUT2D eigenvalue weighted by Crippen LogP contribution is 2.33. The minimum atomic E-state index is -0.101. The quantitative estimate of drug-likeness (QED) is 0.241. The van der Waals surface area contributed by atoms with Gasteiger partial charge in [0.2, 0.25) is 5.91 Å². The maximum Gasteiger partial charge on any atom is 0.266 e. The van der Waals surface area contributed by atoms with Crippen LogP contribution in [0.5, 0.6) is 5.75 Å². The smallest absolute Gasteiger partial charge is 0.266 e. The number of methoxy groups -OCH3 is 1. The molecule has 0 unspecified atom stereocenters. The van der Waals surface area contributed by atoms with Gasteiger partial charge in [0.1, 0.15) is 10.1 Å². The van der Waals surface area contributed by atoms with Crippen molar-refractivity contribution in [2.24, 2.45) is 0 Å². The molecule has 0 atom stereocenters. The predicted octanol–water partition coefficient (Wildman–Crippen LogP) is 6.40. The molecule has 0 radical (unpaired) electrons. The number of rotatable bonds is 9. The number of hydrogen-bond acceptors (Lipinski definition) is 5. The van der Waals surface area contributed by atoms with Crippen LogP contribution in [0, 0.1) is 0 Å². The molecule has 1 fully saturated rings. The van der Waals surface area contributed by atoms with E-state index in [0.29, 0.717) is 44.3 Å². The van der Waals surface area contributed by atoms with E-state index in [1.54, 1.807) is 30.2 Å². The van der Waals surface area contributed by atoms with E-state index >= 15 is 0 Å². The molecule has 1 saturated heterocycles. The van der Waals surface area contributed by atoms with Crippen LogP contribution in [0.1, 0.15) is 31.2 Å². The van der Waals surface area contributed by atoms with Crippen LogP contribution in [0.4, 0.5) is 5.69 Å². The maximum absolute atomic E-state index is 12.7. The van der Waals surface area contributed by atoms with Crippen LogP contribution in [-0.4, -0.2) is 34.7 Å². The predicted molar refractivity (Wildman–Crippen MR) is 136 cm³/mol. The summed E-state index contributed by atoms with van der Waals surface area (Å²) in [6.45, 7) is 0.538. The number of carbonyl (C=O) groups is 2. The fourth-order valence-corrected chi connectivity index (χ4v) is 4.96. The zero-order chi connectivity index (χ0) is 23.1. The molecular weight excluding hydrogens is 487 g/mol. The second kappa shape index (κ2) is 11.7. The van der Waals surface area contributed by atoms with Crippen molar-refractivity contribution >= 4 is 75.1 Å². The molecule has 5 nitrogen and oxygen atoms in total. The summed E-state index contributed by atoms with van der Waals surface area (Å²) >= 11 is 18.6. The van der Waals surface area contributed by atoms with Gasteiger partial charge in [-0.15, -0.1) is 0 Å². The highest BCUT2D eigenvalue weighted by molar-refractivity contribution is 8.26. The SMILES string of the molecule is COc1ccc(/C=C2\SC(=S)N(CCCCCC(=O)Nc3cc(Cl)cc(Cl)c3)C2=O)cc1. The second-order valence-corrected chi connectivity index (χ2v) is 9.67. The van der Waals surface area contributed by atoms with Gasteiger partial charge in [-0.05, 0) is 54.8 Å². The molecule has 168 valence electrons. The molecule has 0 bridgehead atoms. The number of thiocarbonyl (C=S) groups is 1. The van der Waals surface area contributed by atoms with Gasteiger partial charge in [-0.3, -0.25) is 14.5 Å². The topological polar surface area (TPSA) is 58.6 Å². The van der Waals surface area contributed by atoms with E-state index in [2.05, 4.69) is 5.32 Å². The first-order chi connectivity index (χ1) is 15.4. The summed E-state index contributed by atoms with van der Waals surface area (Å²) in [6.07, 6.45) is 4.48. The van der Waals surface area contributed by atoms with Gasteiger partial charge in [-0.25, -0.2) is 0 Å². The van der Waals surface area contributed by atoms with Crippen molar-refractivity contribution in [1.29, 1.82) is 0 Å². The first kappa shape index (κ1) is 24.6. The number of unbranched alkanes of at least 4 members (excludes halogenated alkanes) is 2. The van der Waals surface area contributed by atoms with Crippen molar-refractivity contribution in [2.75, 3.05) is 19.0 Å². The third-order valence-corrected chi connectivity index (χ3v) is 6.53. The number of carbonyl (C=O) groups excluding carboxylic acids is 2. The summed E-state index contributed by atoms with van der Waals surface area (Å²) < 4.78 is 5.72. The van der Waals surface area contributed by atoms with Crippen molar-refractivity contribution in [3.8, 4) is 5.75 Å². The Morgan fingerprint density at radius 2 is 1.81 bits per heavy atom. The van der Waals surface area contributed by atoms with Gasteiger partial charge in [0.25, 0.3) is 5.91 Å². The standard InChI is InChI=1S/C23H22Cl2N2O3S2/c1-30-19-8-6-15(7-9-19)11-20-22(29)27(23(31)32-20)10-4-2-3-5-21(28)26-18-13-16(24)12-17(25)14-18/h6-9,11-14H,2-5,10H2,1H3,(H,26,28)/b20-11-. The van der Waals surface area contributed by atoms with Crippen LogP contribution in [0.3, 0.4) is 0 Å². The highest BCUT2D eigenvalue weighted by atomic mass is 35.5. The van der Waals surface area contributed by atoms with Crippen LogP contribution >= 0.6 is 47.2 Å². The summed E-state index contributed by atoms with van der Waals surface area (Å²) in [5.74, 6) is 0.586. The number of amides is 2. The summed E-state index contributed by atoms with van der Waals surface area (Å²) in [7, 11) is 1.61. The molecule has 2 amide bonds. The van der Waals surface area contributed by atoms with Crippen LogP contribution < -0.4 is 10.1 Å². The maximum atomic E-state index is 12.7. The normalized spacial score (nSPS) is 14.8. The van der Waals surface area contributed by atoms with Crippen LogP contribution in [0.2, 0.25) is 10.0 Å². The number of halogens is 2. The van der Waals surface area contributed by atoms with Gasteiger partial charge in [-0.2, -0.15) is 0 Å². The Balaban J connectivity index is 1.42. The molecular formula is C23H22Cl2N2O3S2. The van der Waals surface area contributed by atoms with E-state index in [1.165, 1.54) is 11.8 Å². The number of ether oxygens (including phenoxy) is 1. The average Bonchev–Trinajstić information content (AvgIpc) is 3.00. The Kier molecular flexibility index (Phi) is 8.99. The lowest BCUT2D eigenvalue weighted by molar-refractivity contribution is -0.122. The number of benzene rings is 2. The molecule has 32 heavy (non-hydrogen) atoms. The molecule has 2 aromatic rings. The molecule has 0 aromatic heterocycles. The Morgan fingerprint density at radius 1 is 1.12 bits per heavy atom. The van der Waals surface area contributed by atoms with E-state index < -0.39 is 0 Å². The molecule has 0 spiro atoms. The molecule has 1 aliphatic heterocycles. The molecule has 1 heterocycles. The second-order valence-electron chi connectivity index (χ2n) is 7.12. The molecule has 2 aromatic carbocycles. The van der Waals surface area contributed by atoms with Crippen LogP contribution in [0.15, 0.2) is 47.4 Å². The average molecular weight is 509 g/mol. The van der Waals surface area contributed by atoms with Gasteiger partial charge in [0.15, 0.2) is 0 Å². The molecule has 9 heteroatoms. The zero-order valence-electron chi connectivity index (χ0n) is 17.4. The molecule has 0 saturated carbocycles. The van der Waals surface area contributed by atoms with Gasteiger partial charge in [-0.1, -0.05) is 65.7 Å². The number of hydrogen-bond donors (Lipinski definition) is 1. The third kappa shape index (κ3) is 6.97. The lowest BCUT2D eigenvalue weighted by atomic mass is 10.1. The number of thioether (sulfide) groups is 1. The summed E-state index contributed by atoms with van der Waals surface area (Å²) in [4.78, 5) is 27.1. The number of anilines is 1. The van der Waals surface area contributed by atoms with Crippen molar-refractivity contribution < 1.29 is 14.3 Å². The fraction of sp³-hybridized carbons (Fsp3) is 0.261. The lowest BCUT2D eigenvalue weighted by Crippen LogP contribution is -2.29. The van der Waals surface area contributed by atoms with Gasteiger partial charge >= 0.3 is 0 Å². The van der Waals surface area contributed by atoms with Gasteiger partial charge in [0.05, 0.1) is 12.0 Å². The Bertz CT molecular complexity index is 1020. The third-order valence-electron chi connectivity index (χ3n) is 4.72. The first-order valence-electron chi connectivity index (χ1n) is 10.0. The summed E-state index contributed by atoms with van der Waals surface area (Å²) in [5, 5.41) is 3.73. The van der Waals surface area contributed by atoms with Crippen molar-refractivity contribution in [3.63, 3.8) is 0 Å². The van der Waals surface area contributed by atoms with Crippen LogP contribution in [0.25, 0.3) is 6.08 Å². The fourth-order valence-electron chi connectivity index (χ4n) is 3.13. The number of nitrogens with zero attached hydrogens (tertiary/aromatic N) is 1. The van der Waals surface area contributed by atoms with E-state index in [4.69, 9.17) is 40.2 Å².